The maximum absolute atomic E-state index is 13.5. The molecule has 206 valence electrons. The van der Waals surface area contributed by atoms with E-state index in [9.17, 15) is 24.8 Å². The van der Waals surface area contributed by atoms with Crippen LogP contribution in [0.1, 0.15) is 84.2 Å². The molecule has 0 saturated heterocycles. The van der Waals surface area contributed by atoms with E-state index in [4.69, 9.17) is 9.47 Å². The topological polar surface area (TPSA) is 138 Å². The lowest BCUT2D eigenvalue weighted by Crippen LogP contribution is -2.36. The van der Waals surface area contributed by atoms with Crippen LogP contribution in [-0.2, 0) is 4.79 Å². The minimum absolute atomic E-state index is 0.139. The minimum atomic E-state index is -0.826. The van der Waals surface area contributed by atoms with Crippen molar-refractivity contribution in [1.82, 2.24) is 5.32 Å². The second kappa shape index (κ2) is 11.0. The van der Waals surface area contributed by atoms with E-state index in [1.54, 1.807) is 19.1 Å². The number of hydrogen-bond donors (Lipinski definition) is 3. The van der Waals surface area contributed by atoms with Crippen LogP contribution in [0.2, 0.25) is 0 Å². The van der Waals surface area contributed by atoms with Crippen LogP contribution < -0.4 is 20.1 Å². The van der Waals surface area contributed by atoms with Crippen LogP contribution in [0, 0.1) is 29.1 Å². The SMILES string of the molecule is COc1cc(C#N)c(OC2CCC(C)(C(=O)O)CC2)cc1C(=O)Nc1cc(C)ccc1C(=O)NCC1(C)CC1. The monoisotopic (exact) mass is 533 g/mol. The van der Waals surface area contributed by atoms with E-state index < -0.39 is 17.3 Å². The molecule has 2 aromatic rings. The number of nitrogens with one attached hydrogen (secondary N) is 2. The fourth-order valence-electron chi connectivity index (χ4n) is 4.76. The molecule has 2 saturated carbocycles. The third-order valence-electron chi connectivity index (χ3n) is 7.96. The number of hydrogen-bond acceptors (Lipinski definition) is 6. The number of carbonyl (C=O) groups excluding carboxylic acids is 2. The first-order chi connectivity index (χ1) is 18.5. The van der Waals surface area contributed by atoms with Crippen LogP contribution in [0.5, 0.6) is 11.5 Å². The molecule has 2 aliphatic rings. The number of carboxylic acid groups (broad SMARTS) is 1. The molecule has 2 amide bonds. The fourth-order valence-corrected chi connectivity index (χ4v) is 4.76. The normalized spacial score (nSPS) is 21.3. The summed E-state index contributed by atoms with van der Waals surface area (Å²) in [7, 11) is 1.41. The van der Waals surface area contributed by atoms with Gasteiger partial charge in [0, 0.05) is 12.6 Å². The van der Waals surface area contributed by atoms with Crippen molar-refractivity contribution in [2.45, 2.75) is 65.4 Å². The molecule has 39 heavy (non-hydrogen) atoms. The molecule has 2 aromatic carbocycles. The van der Waals surface area contributed by atoms with Crippen LogP contribution >= 0.6 is 0 Å². The number of aryl methyl sites for hydroxylation is 1. The quantitative estimate of drug-likeness (QED) is 0.409. The van der Waals surface area contributed by atoms with Gasteiger partial charge in [0.15, 0.2) is 0 Å². The highest BCUT2D eigenvalue weighted by Gasteiger charge is 2.39. The lowest BCUT2D eigenvalue weighted by Gasteiger charge is -2.34. The Hall–Kier alpha value is -4.06. The van der Waals surface area contributed by atoms with Gasteiger partial charge >= 0.3 is 5.97 Å². The summed E-state index contributed by atoms with van der Waals surface area (Å²) in [4.78, 5) is 38.0. The Kier molecular flexibility index (Phi) is 7.86. The zero-order valence-electron chi connectivity index (χ0n) is 22.8. The molecule has 0 aromatic heterocycles. The van der Waals surface area contributed by atoms with Crippen LogP contribution in [0.25, 0.3) is 0 Å². The molecule has 9 nitrogen and oxygen atoms in total. The Bertz CT molecular complexity index is 1330. The van der Waals surface area contributed by atoms with Gasteiger partial charge in [-0.05, 0) is 81.5 Å². The van der Waals surface area contributed by atoms with Crippen molar-refractivity contribution in [3.63, 3.8) is 0 Å². The number of ether oxygens (including phenoxy) is 2. The number of nitrogens with zero attached hydrogens (tertiary/aromatic N) is 1. The van der Waals surface area contributed by atoms with E-state index in [2.05, 4.69) is 23.6 Å². The molecule has 0 aliphatic heterocycles. The maximum atomic E-state index is 13.5. The highest BCUT2D eigenvalue weighted by atomic mass is 16.5. The molecule has 0 heterocycles. The highest BCUT2D eigenvalue weighted by molar-refractivity contribution is 6.10. The van der Waals surface area contributed by atoms with E-state index in [1.807, 2.05) is 13.0 Å². The number of carbonyl (C=O) groups is 3. The van der Waals surface area contributed by atoms with Crippen molar-refractivity contribution >= 4 is 23.5 Å². The van der Waals surface area contributed by atoms with Gasteiger partial charge in [-0.1, -0.05) is 13.0 Å². The Morgan fingerprint density at radius 3 is 2.31 bits per heavy atom. The van der Waals surface area contributed by atoms with Crippen molar-refractivity contribution in [3.8, 4) is 17.6 Å². The predicted octanol–water partition coefficient (Wildman–Crippen LogP) is 5.07. The minimum Gasteiger partial charge on any atom is -0.496 e. The summed E-state index contributed by atoms with van der Waals surface area (Å²) in [6, 6.07) is 10.3. The average Bonchev–Trinajstić information content (AvgIpc) is 3.65. The molecule has 2 fully saturated rings. The molecule has 0 radical (unpaired) electrons. The molecule has 2 aliphatic carbocycles. The van der Waals surface area contributed by atoms with Gasteiger partial charge < -0.3 is 25.2 Å². The third kappa shape index (κ3) is 6.33. The van der Waals surface area contributed by atoms with Gasteiger partial charge in [0.2, 0.25) is 0 Å². The van der Waals surface area contributed by atoms with Gasteiger partial charge in [0.05, 0.1) is 41.0 Å². The maximum Gasteiger partial charge on any atom is 0.309 e. The summed E-state index contributed by atoms with van der Waals surface area (Å²) in [5, 5.41) is 25.0. The number of benzene rings is 2. The standard InChI is InChI=1S/C30H35N3O6/c1-18-5-6-21(26(34)32-17-29(2)11-12-29)23(13-18)33-27(35)22-15-24(19(16-31)14-25(22)38-4)39-20-7-9-30(3,10-8-20)28(36)37/h5-6,13-15,20H,7-12,17H2,1-4H3,(H,32,34)(H,33,35)(H,36,37). The van der Waals surface area contributed by atoms with Crippen LogP contribution in [0.3, 0.4) is 0 Å². The van der Waals surface area contributed by atoms with Crippen LogP contribution in [0.4, 0.5) is 5.69 Å². The smallest absolute Gasteiger partial charge is 0.309 e. The molecule has 0 spiro atoms. The van der Waals surface area contributed by atoms with Crippen molar-refractivity contribution in [2.75, 3.05) is 19.0 Å². The van der Waals surface area contributed by atoms with Gasteiger partial charge in [-0.2, -0.15) is 5.26 Å². The van der Waals surface area contributed by atoms with Gasteiger partial charge in [-0.25, -0.2) is 0 Å². The Morgan fingerprint density at radius 1 is 1.03 bits per heavy atom. The number of nitriles is 1. The number of carboxylic acids is 1. The zero-order chi connectivity index (χ0) is 28.4. The van der Waals surface area contributed by atoms with Gasteiger partial charge in [-0.3, -0.25) is 14.4 Å². The third-order valence-corrected chi connectivity index (χ3v) is 7.96. The Labute approximate surface area is 228 Å². The molecule has 3 N–H and O–H groups in total. The average molecular weight is 534 g/mol. The fraction of sp³-hybridized carbons (Fsp3) is 0.467. The Morgan fingerprint density at radius 2 is 1.72 bits per heavy atom. The molecule has 0 atom stereocenters. The van der Waals surface area contributed by atoms with Crippen LogP contribution in [-0.4, -0.2) is 42.6 Å². The van der Waals surface area contributed by atoms with E-state index in [0.29, 0.717) is 43.5 Å². The number of amides is 2. The highest BCUT2D eigenvalue weighted by Crippen LogP contribution is 2.44. The summed E-state index contributed by atoms with van der Waals surface area (Å²) in [5.41, 5.74) is 1.30. The van der Waals surface area contributed by atoms with Crippen molar-refractivity contribution in [3.05, 3.63) is 52.6 Å². The van der Waals surface area contributed by atoms with Crippen molar-refractivity contribution in [2.24, 2.45) is 10.8 Å². The van der Waals surface area contributed by atoms with Gasteiger partial charge in [0.1, 0.15) is 17.6 Å². The largest absolute Gasteiger partial charge is 0.496 e. The molecular formula is C30H35N3O6. The lowest BCUT2D eigenvalue weighted by atomic mass is 9.75. The summed E-state index contributed by atoms with van der Waals surface area (Å²) in [5.74, 6) is -1.18. The second-order valence-electron chi connectivity index (χ2n) is 11.3. The number of aliphatic carboxylic acids is 1. The summed E-state index contributed by atoms with van der Waals surface area (Å²) in [6.07, 6.45) is 3.81. The van der Waals surface area contributed by atoms with E-state index >= 15 is 0 Å². The van der Waals surface area contributed by atoms with Crippen molar-refractivity contribution < 1.29 is 29.0 Å². The molecular weight excluding hydrogens is 498 g/mol. The summed E-state index contributed by atoms with van der Waals surface area (Å²) in [6.45, 7) is 6.30. The number of rotatable bonds is 9. The van der Waals surface area contributed by atoms with Crippen LogP contribution in [0.15, 0.2) is 30.3 Å². The molecule has 4 rings (SSSR count). The predicted molar refractivity (Wildman–Crippen MR) is 145 cm³/mol. The second-order valence-corrected chi connectivity index (χ2v) is 11.3. The number of anilines is 1. The first kappa shape index (κ1) is 28.0. The molecule has 9 heteroatoms. The summed E-state index contributed by atoms with van der Waals surface area (Å²) < 4.78 is 11.5. The number of methoxy groups -OCH3 is 1. The van der Waals surface area contributed by atoms with Gasteiger partial charge in [0.25, 0.3) is 11.8 Å². The molecule has 0 bridgehead atoms. The van der Waals surface area contributed by atoms with Crippen molar-refractivity contribution in [1.29, 1.82) is 5.26 Å². The van der Waals surface area contributed by atoms with E-state index in [-0.39, 0.29) is 40.1 Å². The summed E-state index contributed by atoms with van der Waals surface area (Å²) >= 11 is 0. The first-order valence-electron chi connectivity index (χ1n) is 13.2. The van der Waals surface area contributed by atoms with Gasteiger partial charge in [-0.15, -0.1) is 0 Å². The Balaban J connectivity index is 1.56. The molecule has 0 unspecified atom stereocenters. The van der Waals surface area contributed by atoms with E-state index in [0.717, 1.165) is 18.4 Å². The van der Waals surface area contributed by atoms with E-state index in [1.165, 1.54) is 19.2 Å². The zero-order valence-corrected chi connectivity index (χ0v) is 22.8. The first-order valence-corrected chi connectivity index (χ1v) is 13.2. The lowest BCUT2D eigenvalue weighted by molar-refractivity contribution is -0.150.